The van der Waals surface area contributed by atoms with Crippen LogP contribution in [0.3, 0.4) is 0 Å². The summed E-state index contributed by atoms with van der Waals surface area (Å²) in [6.07, 6.45) is 1.44. The van der Waals surface area contributed by atoms with E-state index in [9.17, 15) is 14.0 Å². The second kappa shape index (κ2) is 7.99. The molecule has 1 fully saturated rings. The number of thioether (sulfide) groups is 1. The molecular formula is C18H12ClFN2O2S2. The zero-order valence-corrected chi connectivity index (χ0v) is 15.6. The first-order chi connectivity index (χ1) is 12.5. The van der Waals surface area contributed by atoms with Crippen molar-refractivity contribution in [3.8, 4) is 0 Å². The molecular weight excluding hydrogens is 395 g/mol. The number of nitrogens with one attached hydrogen (secondary N) is 1. The predicted molar refractivity (Wildman–Crippen MR) is 105 cm³/mol. The van der Waals surface area contributed by atoms with Crippen molar-refractivity contribution in [1.82, 2.24) is 10.4 Å². The standard InChI is InChI=1S/C18H12ClFN2O2S2/c19-13-7-4-8-14(20)12(13)10-15-17(24)22(18(25)26-15)21-16(23)9-11-5-2-1-3-6-11/h1-8,10H,9H2,(H,21,23). The van der Waals surface area contributed by atoms with E-state index < -0.39 is 11.7 Å². The molecule has 0 aromatic heterocycles. The van der Waals surface area contributed by atoms with Crippen molar-refractivity contribution in [2.75, 3.05) is 0 Å². The molecule has 26 heavy (non-hydrogen) atoms. The average Bonchev–Trinajstić information content (AvgIpc) is 2.86. The van der Waals surface area contributed by atoms with E-state index in [2.05, 4.69) is 5.43 Å². The zero-order valence-electron chi connectivity index (χ0n) is 13.2. The van der Waals surface area contributed by atoms with Gasteiger partial charge in [0, 0.05) is 5.56 Å². The van der Waals surface area contributed by atoms with Crippen LogP contribution >= 0.6 is 35.6 Å². The van der Waals surface area contributed by atoms with Crippen molar-refractivity contribution in [3.63, 3.8) is 0 Å². The summed E-state index contributed by atoms with van der Waals surface area (Å²) >= 11 is 12.1. The zero-order chi connectivity index (χ0) is 18.7. The lowest BCUT2D eigenvalue weighted by Crippen LogP contribution is -2.45. The first-order valence-electron chi connectivity index (χ1n) is 7.51. The van der Waals surface area contributed by atoms with Crippen LogP contribution in [0.1, 0.15) is 11.1 Å². The third kappa shape index (κ3) is 4.12. The Morgan fingerprint density at radius 2 is 1.96 bits per heavy atom. The molecule has 0 spiro atoms. The lowest BCUT2D eigenvalue weighted by atomic mass is 10.1. The molecule has 0 aliphatic carbocycles. The first kappa shape index (κ1) is 18.6. The smallest absolute Gasteiger partial charge is 0.273 e. The van der Waals surface area contributed by atoms with Crippen molar-refractivity contribution < 1.29 is 14.0 Å². The van der Waals surface area contributed by atoms with Gasteiger partial charge in [0.2, 0.25) is 5.91 Å². The normalized spacial score (nSPS) is 15.6. The minimum absolute atomic E-state index is 0.102. The third-order valence-electron chi connectivity index (χ3n) is 3.51. The molecule has 132 valence electrons. The summed E-state index contributed by atoms with van der Waals surface area (Å²) in [5.74, 6) is -1.45. The Hall–Kier alpha value is -2.22. The van der Waals surface area contributed by atoms with Crippen LogP contribution in [0.2, 0.25) is 5.02 Å². The molecule has 0 unspecified atom stereocenters. The molecule has 1 heterocycles. The van der Waals surface area contributed by atoms with Crippen LogP contribution in [-0.2, 0) is 16.0 Å². The highest BCUT2D eigenvalue weighted by molar-refractivity contribution is 8.26. The monoisotopic (exact) mass is 406 g/mol. The van der Waals surface area contributed by atoms with E-state index in [1.807, 2.05) is 30.3 Å². The number of halogens is 2. The molecule has 3 rings (SSSR count). The van der Waals surface area contributed by atoms with Gasteiger partial charge in [0.05, 0.1) is 16.3 Å². The lowest BCUT2D eigenvalue weighted by Gasteiger charge is -2.15. The van der Waals surface area contributed by atoms with Crippen molar-refractivity contribution in [1.29, 1.82) is 0 Å². The summed E-state index contributed by atoms with van der Waals surface area (Å²) in [5.41, 5.74) is 3.40. The van der Waals surface area contributed by atoms with Gasteiger partial charge in [-0.25, -0.2) is 4.39 Å². The van der Waals surface area contributed by atoms with Gasteiger partial charge < -0.3 is 0 Å². The van der Waals surface area contributed by atoms with E-state index >= 15 is 0 Å². The SMILES string of the molecule is O=C(Cc1ccccc1)NN1C(=O)C(=Cc2c(F)cccc2Cl)SC1=S. The maximum absolute atomic E-state index is 13.9. The van der Waals surface area contributed by atoms with E-state index in [1.54, 1.807) is 0 Å². The molecule has 1 N–H and O–H groups in total. The molecule has 2 aromatic rings. The molecule has 1 aliphatic rings. The van der Waals surface area contributed by atoms with E-state index in [1.165, 1.54) is 24.3 Å². The van der Waals surface area contributed by atoms with E-state index in [0.29, 0.717) is 0 Å². The second-order valence-electron chi connectivity index (χ2n) is 5.35. The summed E-state index contributed by atoms with van der Waals surface area (Å²) in [6.45, 7) is 0. The Bertz CT molecular complexity index is 898. The molecule has 1 aliphatic heterocycles. The van der Waals surface area contributed by atoms with Gasteiger partial charge >= 0.3 is 0 Å². The number of hydrogen-bond acceptors (Lipinski definition) is 4. The minimum Gasteiger partial charge on any atom is -0.273 e. The van der Waals surface area contributed by atoms with Gasteiger partial charge in [-0.15, -0.1) is 0 Å². The summed E-state index contributed by atoms with van der Waals surface area (Å²) in [6, 6.07) is 13.4. The fraction of sp³-hybridized carbons (Fsp3) is 0.0556. The molecule has 0 radical (unpaired) electrons. The van der Waals surface area contributed by atoms with Crippen molar-refractivity contribution in [2.24, 2.45) is 0 Å². The van der Waals surface area contributed by atoms with Crippen molar-refractivity contribution in [2.45, 2.75) is 6.42 Å². The summed E-state index contributed by atoms with van der Waals surface area (Å²) in [5, 5.41) is 1.18. The van der Waals surface area contributed by atoms with Gasteiger partial charge in [-0.3, -0.25) is 15.0 Å². The fourth-order valence-corrected chi connectivity index (χ4v) is 3.67. The highest BCUT2D eigenvalue weighted by Crippen LogP contribution is 2.33. The molecule has 2 amide bonds. The number of thiocarbonyl (C=S) groups is 1. The van der Waals surface area contributed by atoms with Crippen LogP contribution in [0.25, 0.3) is 6.08 Å². The van der Waals surface area contributed by atoms with Gasteiger partial charge in [-0.05, 0) is 36.0 Å². The number of nitrogens with zero attached hydrogens (tertiary/aromatic N) is 1. The quantitative estimate of drug-likeness (QED) is 0.617. The molecule has 2 aromatic carbocycles. The van der Waals surface area contributed by atoms with E-state index in [4.69, 9.17) is 23.8 Å². The molecule has 4 nitrogen and oxygen atoms in total. The molecule has 1 saturated heterocycles. The van der Waals surface area contributed by atoms with Crippen LogP contribution in [0.4, 0.5) is 4.39 Å². The number of benzene rings is 2. The lowest BCUT2D eigenvalue weighted by molar-refractivity contribution is -0.132. The van der Waals surface area contributed by atoms with Crippen LogP contribution in [0, 0.1) is 5.82 Å². The Kier molecular flexibility index (Phi) is 5.70. The van der Waals surface area contributed by atoms with Gasteiger partial charge in [0.1, 0.15) is 5.82 Å². The number of hydrogen-bond donors (Lipinski definition) is 1. The van der Waals surface area contributed by atoms with E-state index in [0.717, 1.165) is 22.3 Å². The summed E-state index contributed by atoms with van der Waals surface area (Å²) in [7, 11) is 0. The van der Waals surface area contributed by atoms with Crippen LogP contribution in [0.15, 0.2) is 53.4 Å². The Morgan fingerprint density at radius 1 is 1.23 bits per heavy atom. The van der Waals surface area contributed by atoms with Crippen LogP contribution in [0.5, 0.6) is 0 Å². The van der Waals surface area contributed by atoms with Crippen LogP contribution in [-0.4, -0.2) is 21.1 Å². The predicted octanol–water partition coefficient (Wildman–Crippen LogP) is 3.95. The maximum Gasteiger partial charge on any atom is 0.285 e. The molecule has 0 saturated carbocycles. The van der Waals surface area contributed by atoms with E-state index in [-0.39, 0.29) is 32.1 Å². The molecule has 0 atom stereocenters. The number of rotatable bonds is 4. The number of carbonyl (C=O) groups is 2. The van der Waals surface area contributed by atoms with Crippen molar-refractivity contribution >= 4 is 57.8 Å². The topological polar surface area (TPSA) is 49.4 Å². The van der Waals surface area contributed by atoms with Gasteiger partial charge in [0.15, 0.2) is 4.32 Å². The van der Waals surface area contributed by atoms with Crippen LogP contribution < -0.4 is 5.43 Å². The highest BCUT2D eigenvalue weighted by Gasteiger charge is 2.33. The number of amides is 2. The van der Waals surface area contributed by atoms with Gasteiger partial charge in [0.25, 0.3) is 5.91 Å². The number of hydrazine groups is 1. The number of carbonyl (C=O) groups excluding carboxylic acids is 2. The maximum atomic E-state index is 13.9. The first-order valence-corrected chi connectivity index (χ1v) is 9.11. The molecule has 0 bridgehead atoms. The minimum atomic E-state index is -0.545. The third-order valence-corrected chi connectivity index (χ3v) is 5.14. The largest absolute Gasteiger partial charge is 0.285 e. The Balaban J connectivity index is 1.75. The molecule has 8 heteroatoms. The Morgan fingerprint density at radius 3 is 2.65 bits per heavy atom. The highest BCUT2D eigenvalue weighted by atomic mass is 35.5. The average molecular weight is 407 g/mol. The summed E-state index contributed by atoms with van der Waals surface area (Å²) in [4.78, 5) is 24.8. The second-order valence-corrected chi connectivity index (χ2v) is 7.43. The fourth-order valence-electron chi connectivity index (χ4n) is 2.29. The summed E-state index contributed by atoms with van der Waals surface area (Å²) < 4.78 is 14.1. The Labute approximate surface area is 164 Å². The van der Waals surface area contributed by atoms with Gasteiger partial charge in [-0.2, -0.15) is 5.01 Å². The van der Waals surface area contributed by atoms with Gasteiger partial charge in [-0.1, -0.05) is 59.8 Å². The van der Waals surface area contributed by atoms with Crippen molar-refractivity contribution in [3.05, 3.63) is 75.4 Å².